The van der Waals surface area contributed by atoms with E-state index >= 15 is 0 Å². The summed E-state index contributed by atoms with van der Waals surface area (Å²) in [6, 6.07) is 0.766. The van der Waals surface area contributed by atoms with Gasteiger partial charge in [-0.1, -0.05) is 6.42 Å². The minimum atomic E-state index is 0.766. The summed E-state index contributed by atoms with van der Waals surface area (Å²) >= 11 is 0. The highest BCUT2D eigenvalue weighted by Crippen LogP contribution is 2.10. The van der Waals surface area contributed by atoms with Gasteiger partial charge in [0, 0.05) is 25.7 Å². The lowest BCUT2D eigenvalue weighted by atomic mass is 10.0. The van der Waals surface area contributed by atoms with Crippen molar-refractivity contribution < 1.29 is 0 Å². The maximum absolute atomic E-state index is 3.64. The predicted octanol–water partition coefficient (Wildman–Crippen LogP) is 0.766. The molecule has 0 bridgehead atoms. The number of likely N-dealkylation sites (N-methyl/N-ethyl adjacent to an activating group) is 1. The Balaban J connectivity index is 1.72. The fourth-order valence-electron chi connectivity index (χ4n) is 2.67. The van der Waals surface area contributed by atoms with Gasteiger partial charge in [0.15, 0.2) is 0 Å². The molecule has 0 spiro atoms. The third kappa shape index (κ3) is 3.74. The molecule has 0 saturated carbocycles. The van der Waals surface area contributed by atoms with E-state index in [4.69, 9.17) is 0 Å². The average molecular weight is 211 g/mol. The number of rotatable bonds is 2. The summed E-state index contributed by atoms with van der Waals surface area (Å²) in [5.74, 6) is 0. The van der Waals surface area contributed by atoms with Crippen molar-refractivity contribution in [3.05, 3.63) is 0 Å². The van der Waals surface area contributed by atoms with Crippen molar-refractivity contribution in [2.24, 2.45) is 0 Å². The number of nitrogens with one attached hydrogen (secondary N) is 1. The van der Waals surface area contributed by atoms with Crippen LogP contribution in [0.2, 0.25) is 0 Å². The van der Waals surface area contributed by atoms with Crippen LogP contribution >= 0.6 is 0 Å². The largest absolute Gasteiger partial charge is 0.313 e. The van der Waals surface area contributed by atoms with Crippen molar-refractivity contribution in [3.63, 3.8) is 0 Å². The third-order valence-corrected chi connectivity index (χ3v) is 3.70. The van der Waals surface area contributed by atoms with Crippen LogP contribution in [0.25, 0.3) is 0 Å². The fraction of sp³-hybridized carbons (Fsp3) is 1.00. The number of hydrogen-bond donors (Lipinski definition) is 1. The molecule has 1 unspecified atom stereocenters. The van der Waals surface area contributed by atoms with E-state index in [0.717, 1.165) is 6.04 Å². The quantitative estimate of drug-likeness (QED) is 0.728. The van der Waals surface area contributed by atoms with Crippen molar-refractivity contribution in [2.75, 3.05) is 46.3 Å². The van der Waals surface area contributed by atoms with Crippen LogP contribution in [-0.4, -0.2) is 62.2 Å². The Morgan fingerprint density at radius 2 is 2.00 bits per heavy atom. The minimum absolute atomic E-state index is 0.766. The molecule has 0 amide bonds. The Kier molecular flexibility index (Phi) is 4.42. The van der Waals surface area contributed by atoms with E-state index in [1.165, 1.54) is 65.0 Å². The molecule has 2 aliphatic rings. The van der Waals surface area contributed by atoms with Gasteiger partial charge >= 0.3 is 0 Å². The van der Waals surface area contributed by atoms with E-state index in [1.807, 2.05) is 0 Å². The summed E-state index contributed by atoms with van der Waals surface area (Å²) in [5.41, 5.74) is 0. The highest BCUT2D eigenvalue weighted by Gasteiger charge is 2.18. The van der Waals surface area contributed by atoms with Crippen LogP contribution in [0, 0.1) is 0 Å². The molecule has 1 atom stereocenters. The number of piperidine rings is 1. The highest BCUT2D eigenvalue weighted by atomic mass is 15.2. The van der Waals surface area contributed by atoms with Crippen LogP contribution in [0.1, 0.15) is 25.7 Å². The first-order valence-electron chi connectivity index (χ1n) is 6.49. The van der Waals surface area contributed by atoms with Crippen molar-refractivity contribution in [1.29, 1.82) is 0 Å². The molecule has 3 heteroatoms. The lowest BCUT2D eigenvalue weighted by molar-refractivity contribution is 0.229. The van der Waals surface area contributed by atoms with E-state index in [1.54, 1.807) is 0 Å². The van der Waals surface area contributed by atoms with E-state index in [0.29, 0.717) is 0 Å². The van der Waals surface area contributed by atoms with Crippen LogP contribution in [0.15, 0.2) is 0 Å². The second kappa shape index (κ2) is 5.83. The van der Waals surface area contributed by atoms with E-state index in [9.17, 15) is 0 Å². The highest BCUT2D eigenvalue weighted by molar-refractivity contribution is 4.77. The molecule has 2 saturated heterocycles. The van der Waals surface area contributed by atoms with Crippen LogP contribution in [0.5, 0.6) is 0 Å². The minimum Gasteiger partial charge on any atom is -0.313 e. The summed E-state index contributed by atoms with van der Waals surface area (Å²) in [5, 5.41) is 3.64. The van der Waals surface area contributed by atoms with Crippen molar-refractivity contribution in [3.8, 4) is 0 Å². The third-order valence-electron chi connectivity index (χ3n) is 3.70. The van der Waals surface area contributed by atoms with Crippen LogP contribution in [0.4, 0.5) is 0 Å². The van der Waals surface area contributed by atoms with Crippen molar-refractivity contribution >= 4 is 0 Å². The first-order valence-corrected chi connectivity index (χ1v) is 6.49. The molecule has 3 nitrogen and oxygen atoms in total. The SMILES string of the molecule is CN1CCCN(CC2CCCCN2)CC1. The summed E-state index contributed by atoms with van der Waals surface area (Å²) < 4.78 is 0. The Morgan fingerprint density at radius 1 is 1.07 bits per heavy atom. The second-order valence-electron chi connectivity index (χ2n) is 5.10. The van der Waals surface area contributed by atoms with Gasteiger partial charge in [-0.25, -0.2) is 0 Å². The van der Waals surface area contributed by atoms with Crippen LogP contribution in [0.3, 0.4) is 0 Å². The van der Waals surface area contributed by atoms with Crippen molar-refractivity contribution in [2.45, 2.75) is 31.7 Å². The first kappa shape index (κ1) is 11.4. The normalized spacial score (nSPS) is 31.4. The van der Waals surface area contributed by atoms with E-state index in [-0.39, 0.29) is 0 Å². The molecule has 0 aromatic rings. The van der Waals surface area contributed by atoms with Gasteiger partial charge < -0.3 is 15.1 Å². The summed E-state index contributed by atoms with van der Waals surface area (Å²) in [6.07, 6.45) is 5.51. The lowest BCUT2D eigenvalue weighted by Crippen LogP contribution is -2.44. The lowest BCUT2D eigenvalue weighted by Gasteiger charge is -2.29. The van der Waals surface area contributed by atoms with Gasteiger partial charge in [0.05, 0.1) is 0 Å². The summed E-state index contributed by atoms with van der Waals surface area (Å²) in [4.78, 5) is 5.10. The second-order valence-corrected chi connectivity index (χ2v) is 5.10. The maximum atomic E-state index is 3.64. The Bertz CT molecular complexity index is 178. The maximum Gasteiger partial charge on any atom is 0.0195 e. The summed E-state index contributed by atoms with van der Waals surface area (Å²) in [6.45, 7) is 7.57. The monoisotopic (exact) mass is 211 g/mol. The van der Waals surface area contributed by atoms with Gasteiger partial charge in [-0.3, -0.25) is 0 Å². The molecule has 0 aromatic heterocycles. The smallest absolute Gasteiger partial charge is 0.0195 e. The molecule has 15 heavy (non-hydrogen) atoms. The van der Waals surface area contributed by atoms with Gasteiger partial charge in [0.2, 0.25) is 0 Å². The van der Waals surface area contributed by atoms with E-state index in [2.05, 4.69) is 22.2 Å². The molecule has 2 fully saturated rings. The predicted molar refractivity (Wildman–Crippen MR) is 64.2 cm³/mol. The average Bonchev–Trinajstić information content (AvgIpc) is 2.46. The molecular formula is C12H25N3. The molecule has 0 aliphatic carbocycles. The first-order chi connectivity index (χ1) is 7.34. The van der Waals surface area contributed by atoms with Gasteiger partial charge in [-0.05, 0) is 45.9 Å². The van der Waals surface area contributed by atoms with Gasteiger partial charge in [-0.2, -0.15) is 0 Å². The van der Waals surface area contributed by atoms with Gasteiger partial charge in [0.1, 0.15) is 0 Å². The Morgan fingerprint density at radius 3 is 2.80 bits per heavy atom. The Hall–Kier alpha value is -0.120. The molecule has 88 valence electrons. The molecule has 2 rings (SSSR count). The standard InChI is InChI=1S/C12H25N3/c1-14-7-4-8-15(10-9-14)11-12-5-2-3-6-13-12/h12-13H,2-11H2,1H3. The number of hydrogen-bond acceptors (Lipinski definition) is 3. The van der Waals surface area contributed by atoms with E-state index < -0.39 is 0 Å². The fourth-order valence-corrected chi connectivity index (χ4v) is 2.67. The molecule has 1 N–H and O–H groups in total. The Labute approximate surface area is 93.8 Å². The van der Waals surface area contributed by atoms with Crippen molar-refractivity contribution in [1.82, 2.24) is 15.1 Å². The van der Waals surface area contributed by atoms with Crippen LogP contribution < -0.4 is 5.32 Å². The zero-order valence-electron chi connectivity index (χ0n) is 10.0. The molecule has 0 aromatic carbocycles. The van der Waals surface area contributed by atoms with Gasteiger partial charge in [0.25, 0.3) is 0 Å². The van der Waals surface area contributed by atoms with Crippen LogP contribution in [-0.2, 0) is 0 Å². The molecule has 2 heterocycles. The number of nitrogens with zero attached hydrogens (tertiary/aromatic N) is 2. The van der Waals surface area contributed by atoms with Gasteiger partial charge in [-0.15, -0.1) is 0 Å². The topological polar surface area (TPSA) is 18.5 Å². The molecular weight excluding hydrogens is 186 g/mol. The zero-order valence-corrected chi connectivity index (χ0v) is 10.0. The molecule has 0 radical (unpaired) electrons. The zero-order chi connectivity index (χ0) is 10.5. The molecule has 2 aliphatic heterocycles. The summed E-state index contributed by atoms with van der Waals surface area (Å²) in [7, 11) is 2.24.